The van der Waals surface area contributed by atoms with Crippen molar-refractivity contribution in [2.75, 3.05) is 46.9 Å². The van der Waals surface area contributed by atoms with E-state index in [0.717, 1.165) is 51.4 Å². The van der Waals surface area contributed by atoms with Crippen LogP contribution in [0.25, 0.3) is 0 Å². The van der Waals surface area contributed by atoms with Crippen LogP contribution < -0.4 is 4.74 Å². The summed E-state index contributed by atoms with van der Waals surface area (Å²) < 4.78 is 11.0. The number of amides is 1. The molecule has 3 rings (SSSR count). The highest BCUT2D eigenvalue weighted by molar-refractivity contribution is 5.91. The zero-order valence-corrected chi connectivity index (χ0v) is 17.1. The predicted molar refractivity (Wildman–Crippen MR) is 107 cm³/mol. The fraction of sp³-hybridized carbons (Fsp3) is 0.524. The summed E-state index contributed by atoms with van der Waals surface area (Å²) in [6.45, 7) is 8.12. The molecule has 0 bridgehead atoms. The van der Waals surface area contributed by atoms with Crippen molar-refractivity contribution in [3.05, 3.63) is 47.7 Å². The van der Waals surface area contributed by atoms with Gasteiger partial charge < -0.3 is 14.1 Å². The number of oxazole rings is 1. The second kappa shape index (κ2) is 9.71. The third-order valence-corrected chi connectivity index (χ3v) is 5.09. The van der Waals surface area contributed by atoms with Gasteiger partial charge in [0.1, 0.15) is 12.0 Å². The van der Waals surface area contributed by atoms with Gasteiger partial charge in [-0.25, -0.2) is 4.98 Å². The lowest BCUT2D eigenvalue weighted by atomic mass is 10.1. The summed E-state index contributed by atoms with van der Waals surface area (Å²) in [5.74, 6) is 1.46. The molecule has 2 aromatic rings. The van der Waals surface area contributed by atoms with Gasteiger partial charge in [0, 0.05) is 51.9 Å². The first-order valence-electron chi connectivity index (χ1n) is 9.87. The number of aromatic nitrogens is 1. The molecule has 0 saturated carbocycles. The highest BCUT2D eigenvalue weighted by atomic mass is 16.5. The molecule has 1 aromatic heterocycles. The molecular formula is C21H30N4O3. The zero-order chi connectivity index (χ0) is 19.9. The van der Waals surface area contributed by atoms with Crippen LogP contribution in [0.3, 0.4) is 0 Å². The second-order valence-electron chi connectivity index (χ2n) is 7.22. The van der Waals surface area contributed by atoms with Gasteiger partial charge in [0.15, 0.2) is 5.69 Å². The average Bonchev–Trinajstić information content (AvgIpc) is 3.18. The van der Waals surface area contributed by atoms with Crippen molar-refractivity contribution in [2.24, 2.45) is 0 Å². The van der Waals surface area contributed by atoms with E-state index in [1.165, 1.54) is 11.8 Å². The van der Waals surface area contributed by atoms with Crippen LogP contribution >= 0.6 is 0 Å². The summed E-state index contributed by atoms with van der Waals surface area (Å²) in [5.41, 5.74) is 1.60. The number of nitrogens with zero attached hydrogens (tertiary/aromatic N) is 4. The van der Waals surface area contributed by atoms with E-state index in [9.17, 15) is 4.79 Å². The van der Waals surface area contributed by atoms with E-state index < -0.39 is 0 Å². The summed E-state index contributed by atoms with van der Waals surface area (Å²) in [4.78, 5) is 23.1. The van der Waals surface area contributed by atoms with E-state index >= 15 is 0 Å². The first-order chi connectivity index (χ1) is 13.6. The molecule has 0 aliphatic carbocycles. The van der Waals surface area contributed by atoms with Gasteiger partial charge >= 0.3 is 0 Å². The summed E-state index contributed by atoms with van der Waals surface area (Å²) in [6.07, 6.45) is 2.40. The standard InChI is InChI=1S/C21H30N4O3/c1-4-9-23(2)21(26)18-16-28-20(22-18)15-25-12-10-24(11-13-25)14-17-7-5-6-8-19(17)27-3/h5-8,16H,4,9-15H2,1-3H3. The van der Waals surface area contributed by atoms with Gasteiger partial charge in [0.05, 0.1) is 13.7 Å². The van der Waals surface area contributed by atoms with Gasteiger partial charge in [0.2, 0.25) is 5.89 Å². The van der Waals surface area contributed by atoms with E-state index in [1.54, 1.807) is 19.1 Å². The Morgan fingerprint density at radius 3 is 2.54 bits per heavy atom. The van der Waals surface area contributed by atoms with Gasteiger partial charge in [-0.15, -0.1) is 0 Å². The molecule has 1 aliphatic heterocycles. The number of piperazine rings is 1. The lowest BCUT2D eigenvalue weighted by Gasteiger charge is -2.34. The minimum Gasteiger partial charge on any atom is -0.496 e. The van der Waals surface area contributed by atoms with Gasteiger partial charge in [-0.05, 0) is 12.5 Å². The SMILES string of the molecule is CCCN(C)C(=O)c1coc(CN2CCN(Cc3ccccc3OC)CC2)n1. The second-order valence-corrected chi connectivity index (χ2v) is 7.22. The Labute approximate surface area is 166 Å². The normalized spacial score (nSPS) is 15.5. The first-order valence-corrected chi connectivity index (χ1v) is 9.87. The third kappa shape index (κ3) is 5.11. The molecule has 1 aliphatic rings. The largest absolute Gasteiger partial charge is 0.496 e. The van der Waals surface area contributed by atoms with Crippen LogP contribution in [0.5, 0.6) is 5.75 Å². The summed E-state index contributed by atoms with van der Waals surface area (Å²) in [6, 6.07) is 8.17. The van der Waals surface area contributed by atoms with E-state index in [4.69, 9.17) is 9.15 Å². The Balaban J connectivity index is 1.49. The van der Waals surface area contributed by atoms with Crippen molar-refractivity contribution in [3.8, 4) is 5.75 Å². The number of carbonyl (C=O) groups is 1. The number of carbonyl (C=O) groups excluding carboxylic acids is 1. The molecule has 7 nitrogen and oxygen atoms in total. The lowest BCUT2D eigenvalue weighted by molar-refractivity contribution is 0.0789. The highest BCUT2D eigenvalue weighted by Crippen LogP contribution is 2.20. The number of hydrogen-bond acceptors (Lipinski definition) is 6. The third-order valence-electron chi connectivity index (χ3n) is 5.09. The minimum absolute atomic E-state index is 0.0847. The molecule has 1 aromatic carbocycles. The summed E-state index contributed by atoms with van der Waals surface area (Å²) in [7, 11) is 3.51. The van der Waals surface area contributed by atoms with Gasteiger partial charge in [-0.3, -0.25) is 14.6 Å². The zero-order valence-electron chi connectivity index (χ0n) is 17.1. The number of benzene rings is 1. The maximum absolute atomic E-state index is 12.3. The fourth-order valence-electron chi connectivity index (χ4n) is 3.49. The number of methoxy groups -OCH3 is 1. The molecule has 0 atom stereocenters. The maximum Gasteiger partial charge on any atom is 0.275 e. The average molecular weight is 386 g/mol. The van der Waals surface area contributed by atoms with E-state index in [2.05, 4.69) is 20.9 Å². The Kier molecular flexibility index (Phi) is 7.06. The molecular weight excluding hydrogens is 356 g/mol. The van der Waals surface area contributed by atoms with Crippen LogP contribution in [0.4, 0.5) is 0 Å². The molecule has 1 saturated heterocycles. The van der Waals surface area contributed by atoms with Crippen LogP contribution in [-0.4, -0.2) is 72.5 Å². The van der Waals surface area contributed by atoms with Gasteiger partial charge in [-0.1, -0.05) is 25.1 Å². The topological polar surface area (TPSA) is 62.1 Å². The van der Waals surface area contributed by atoms with E-state index in [-0.39, 0.29) is 5.91 Å². The summed E-state index contributed by atoms with van der Waals surface area (Å²) in [5, 5.41) is 0. The number of ether oxygens (including phenoxy) is 1. The number of rotatable bonds is 8. The van der Waals surface area contributed by atoms with Crippen LogP contribution in [0.1, 0.15) is 35.3 Å². The molecule has 152 valence electrons. The Bertz CT molecular complexity index is 769. The highest BCUT2D eigenvalue weighted by Gasteiger charge is 2.21. The van der Waals surface area contributed by atoms with Crippen molar-refractivity contribution in [1.82, 2.24) is 19.7 Å². The molecule has 7 heteroatoms. The van der Waals surface area contributed by atoms with Crippen molar-refractivity contribution < 1.29 is 13.9 Å². The van der Waals surface area contributed by atoms with Gasteiger partial charge in [0.25, 0.3) is 5.91 Å². The molecule has 0 spiro atoms. The molecule has 2 heterocycles. The van der Waals surface area contributed by atoms with Crippen LogP contribution in [0.2, 0.25) is 0 Å². The van der Waals surface area contributed by atoms with Crippen molar-refractivity contribution in [2.45, 2.75) is 26.4 Å². The predicted octanol–water partition coefficient (Wildman–Crippen LogP) is 2.48. The quantitative estimate of drug-likeness (QED) is 0.695. The Hall–Kier alpha value is -2.38. The molecule has 0 N–H and O–H groups in total. The first kappa shape index (κ1) is 20.4. The smallest absolute Gasteiger partial charge is 0.275 e. The maximum atomic E-state index is 12.3. The van der Waals surface area contributed by atoms with Crippen molar-refractivity contribution >= 4 is 5.91 Å². The van der Waals surface area contributed by atoms with Crippen molar-refractivity contribution in [3.63, 3.8) is 0 Å². The molecule has 28 heavy (non-hydrogen) atoms. The number of hydrogen-bond donors (Lipinski definition) is 0. The van der Waals surface area contributed by atoms with Crippen LogP contribution in [0, 0.1) is 0 Å². The lowest BCUT2D eigenvalue weighted by Crippen LogP contribution is -2.45. The monoisotopic (exact) mass is 386 g/mol. The summed E-state index contributed by atoms with van der Waals surface area (Å²) >= 11 is 0. The van der Waals surface area contributed by atoms with Gasteiger partial charge in [-0.2, -0.15) is 0 Å². The van der Waals surface area contributed by atoms with Crippen LogP contribution in [0.15, 0.2) is 34.9 Å². The van der Waals surface area contributed by atoms with Crippen molar-refractivity contribution in [1.29, 1.82) is 0 Å². The number of para-hydroxylation sites is 1. The van der Waals surface area contributed by atoms with E-state index in [1.807, 2.05) is 25.1 Å². The van der Waals surface area contributed by atoms with Crippen LogP contribution in [-0.2, 0) is 13.1 Å². The Morgan fingerprint density at radius 1 is 1.18 bits per heavy atom. The Morgan fingerprint density at radius 2 is 1.86 bits per heavy atom. The van der Waals surface area contributed by atoms with E-state index in [0.29, 0.717) is 18.1 Å². The fourth-order valence-corrected chi connectivity index (χ4v) is 3.49. The molecule has 1 fully saturated rings. The molecule has 1 amide bonds. The molecule has 0 radical (unpaired) electrons. The minimum atomic E-state index is -0.0847. The molecule has 0 unspecified atom stereocenters.